The molecule has 2 N–H and O–H groups in total. The van der Waals surface area contributed by atoms with Crippen LogP contribution in [-0.2, 0) is 0 Å². The van der Waals surface area contributed by atoms with E-state index in [1.165, 1.54) is 5.56 Å². The number of nitrogens with two attached hydrogens (primary N) is 1. The molecule has 0 aliphatic carbocycles. The van der Waals surface area contributed by atoms with Crippen LogP contribution in [0.5, 0.6) is 0 Å². The van der Waals surface area contributed by atoms with Crippen LogP contribution in [0.4, 0.5) is 0 Å². The van der Waals surface area contributed by atoms with Crippen molar-refractivity contribution in [1.29, 1.82) is 0 Å². The van der Waals surface area contributed by atoms with Gasteiger partial charge in [0.25, 0.3) is 0 Å². The first-order valence-electron chi connectivity index (χ1n) is 4.91. The van der Waals surface area contributed by atoms with E-state index in [2.05, 4.69) is 17.2 Å². The standard InChI is InChI=1S/C11H14N4/c1-8-3-5-10(6-4-8)15-11(9(2)12)7-13-14-15/h3-7,9H,12H2,1-2H3. The van der Waals surface area contributed by atoms with Crippen molar-refractivity contribution < 1.29 is 0 Å². The van der Waals surface area contributed by atoms with Gasteiger partial charge < -0.3 is 5.73 Å². The lowest BCUT2D eigenvalue weighted by molar-refractivity contribution is 0.697. The van der Waals surface area contributed by atoms with Crippen molar-refractivity contribution in [3.05, 3.63) is 41.7 Å². The van der Waals surface area contributed by atoms with E-state index in [-0.39, 0.29) is 6.04 Å². The molecule has 0 aliphatic rings. The summed E-state index contributed by atoms with van der Waals surface area (Å²) in [6.45, 7) is 3.97. The maximum Gasteiger partial charge on any atom is 0.0810 e. The largest absolute Gasteiger partial charge is 0.323 e. The van der Waals surface area contributed by atoms with E-state index in [1.807, 2.05) is 31.2 Å². The quantitative estimate of drug-likeness (QED) is 0.804. The van der Waals surface area contributed by atoms with Crippen LogP contribution in [0.3, 0.4) is 0 Å². The Labute approximate surface area is 88.7 Å². The van der Waals surface area contributed by atoms with Crippen LogP contribution in [0.2, 0.25) is 0 Å². The molecule has 0 spiro atoms. The normalized spacial score (nSPS) is 12.7. The number of aromatic nitrogens is 3. The molecule has 2 rings (SSSR count). The third-order valence-corrected chi connectivity index (χ3v) is 2.32. The van der Waals surface area contributed by atoms with Gasteiger partial charge in [0.2, 0.25) is 0 Å². The molecule has 4 heteroatoms. The third kappa shape index (κ3) is 1.89. The number of benzene rings is 1. The first-order valence-corrected chi connectivity index (χ1v) is 4.91. The summed E-state index contributed by atoms with van der Waals surface area (Å²) >= 11 is 0. The molecule has 0 aliphatic heterocycles. The summed E-state index contributed by atoms with van der Waals surface area (Å²) in [7, 11) is 0. The van der Waals surface area contributed by atoms with E-state index < -0.39 is 0 Å². The van der Waals surface area contributed by atoms with Gasteiger partial charge in [-0.25, -0.2) is 4.68 Å². The fourth-order valence-corrected chi connectivity index (χ4v) is 1.44. The summed E-state index contributed by atoms with van der Waals surface area (Å²) in [4.78, 5) is 0. The molecule has 1 atom stereocenters. The van der Waals surface area contributed by atoms with Crippen LogP contribution in [0.1, 0.15) is 24.2 Å². The minimum Gasteiger partial charge on any atom is -0.323 e. The molecule has 4 nitrogen and oxygen atoms in total. The molecular formula is C11H14N4. The van der Waals surface area contributed by atoms with E-state index in [9.17, 15) is 0 Å². The lowest BCUT2D eigenvalue weighted by Crippen LogP contribution is -2.11. The second kappa shape index (κ2) is 3.82. The Morgan fingerprint density at radius 1 is 1.27 bits per heavy atom. The molecule has 1 aromatic heterocycles. The van der Waals surface area contributed by atoms with Crippen LogP contribution in [0.15, 0.2) is 30.5 Å². The average Bonchev–Trinajstić information content (AvgIpc) is 2.67. The Morgan fingerprint density at radius 2 is 1.93 bits per heavy atom. The molecule has 0 radical (unpaired) electrons. The topological polar surface area (TPSA) is 56.7 Å². The molecule has 0 saturated heterocycles. The molecule has 0 fully saturated rings. The molecular weight excluding hydrogens is 188 g/mol. The zero-order valence-electron chi connectivity index (χ0n) is 8.88. The molecule has 15 heavy (non-hydrogen) atoms. The van der Waals surface area contributed by atoms with Crippen LogP contribution in [-0.4, -0.2) is 15.0 Å². The van der Waals surface area contributed by atoms with Crippen molar-refractivity contribution in [3.8, 4) is 5.69 Å². The third-order valence-electron chi connectivity index (χ3n) is 2.32. The smallest absolute Gasteiger partial charge is 0.0810 e. The van der Waals surface area contributed by atoms with Gasteiger partial charge in [-0.3, -0.25) is 0 Å². The van der Waals surface area contributed by atoms with Crippen molar-refractivity contribution in [2.24, 2.45) is 5.73 Å². The summed E-state index contributed by atoms with van der Waals surface area (Å²) < 4.78 is 1.77. The van der Waals surface area contributed by atoms with Gasteiger partial charge in [-0.15, -0.1) is 5.10 Å². The maximum atomic E-state index is 5.83. The van der Waals surface area contributed by atoms with E-state index in [1.54, 1.807) is 10.9 Å². The molecule has 0 saturated carbocycles. The Kier molecular flexibility index (Phi) is 2.51. The van der Waals surface area contributed by atoms with Gasteiger partial charge in [0.15, 0.2) is 0 Å². The zero-order valence-corrected chi connectivity index (χ0v) is 8.88. The highest BCUT2D eigenvalue weighted by molar-refractivity contribution is 5.34. The lowest BCUT2D eigenvalue weighted by Gasteiger charge is -2.08. The van der Waals surface area contributed by atoms with Crippen LogP contribution in [0.25, 0.3) is 5.69 Å². The van der Waals surface area contributed by atoms with Crippen molar-refractivity contribution >= 4 is 0 Å². The predicted octanol–water partition coefficient (Wildman–Crippen LogP) is 1.60. The fourth-order valence-electron chi connectivity index (χ4n) is 1.44. The van der Waals surface area contributed by atoms with E-state index in [0.29, 0.717) is 0 Å². The van der Waals surface area contributed by atoms with Crippen LogP contribution in [0, 0.1) is 6.92 Å². The minimum atomic E-state index is -0.0682. The van der Waals surface area contributed by atoms with Gasteiger partial charge in [0.05, 0.1) is 17.6 Å². The first kappa shape index (κ1) is 9.86. The van der Waals surface area contributed by atoms with Gasteiger partial charge in [0.1, 0.15) is 0 Å². The van der Waals surface area contributed by atoms with E-state index in [0.717, 1.165) is 11.4 Å². The number of aryl methyl sites for hydroxylation is 1. The Morgan fingerprint density at radius 3 is 2.53 bits per heavy atom. The van der Waals surface area contributed by atoms with Crippen molar-refractivity contribution in [3.63, 3.8) is 0 Å². The fraction of sp³-hybridized carbons (Fsp3) is 0.273. The van der Waals surface area contributed by atoms with Gasteiger partial charge in [0, 0.05) is 6.04 Å². The second-order valence-corrected chi connectivity index (χ2v) is 3.69. The molecule has 1 heterocycles. The van der Waals surface area contributed by atoms with Gasteiger partial charge in [-0.05, 0) is 26.0 Å². The Hall–Kier alpha value is -1.68. The van der Waals surface area contributed by atoms with Crippen molar-refractivity contribution in [2.45, 2.75) is 19.9 Å². The second-order valence-electron chi connectivity index (χ2n) is 3.69. The molecule has 78 valence electrons. The highest BCUT2D eigenvalue weighted by Crippen LogP contribution is 2.14. The molecule has 2 aromatic rings. The Balaban J connectivity index is 2.45. The maximum absolute atomic E-state index is 5.83. The number of nitrogens with zero attached hydrogens (tertiary/aromatic N) is 3. The van der Waals surface area contributed by atoms with Crippen LogP contribution >= 0.6 is 0 Å². The molecule has 0 bridgehead atoms. The lowest BCUT2D eigenvalue weighted by atomic mass is 10.2. The first-order chi connectivity index (χ1) is 7.18. The number of rotatable bonds is 2. The summed E-state index contributed by atoms with van der Waals surface area (Å²) in [5, 5.41) is 7.90. The van der Waals surface area contributed by atoms with Gasteiger partial charge in [-0.1, -0.05) is 22.9 Å². The summed E-state index contributed by atoms with van der Waals surface area (Å²) in [5.41, 5.74) is 8.96. The number of hydrogen-bond donors (Lipinski definition) is 1. The summed E-state index contributed by atoms with van der Waals surface area (Å²) in [6, 6.07) is 8.04. The van der Waals surface area contributed by atoms with Crippen LogP contribution < -0.4 is 5.73 Å². The van der Waals surface area contributed by atoms with E-state index in [4.69, 9.17) is 5.73 Å². The average molecular weight is 202 g/mol. The Bertz CT molecular complexity index is 442. The van der Waals surface area contributed by atoms with Gasteiger partial charge in [-0.2, -0.15) is 0 Å². The predicted molar refractivity (Wildman–Crippen MR) is 58.7 cm³/mol. The summed E-state index contributed by atoms with van der Waals surface area (Å²) in [6.07, 6.45) is 1.70. The van der Waals surface area contributed by atoms with Crippen molar-refractivity contribution in [1.82, 2.24) is 15.0 Å². The van der Waals surface area contributed by atoms with Gasteiger partial charge >= 0.3 is 0 Å². The molecule has 0 amide bonds. The zero-order chi connectivity index (χ0) is 10.8. The molecule has 1 unspecified atom stereocenters. The van der Waals surface area contributed by atoms with E-state index >= 15 is 0 Å². The minimum absolute atomic E-state index is 0.0682. The summed E-state index contributed by atoms with van der Waals surface area (Å²) in [5.74, 6) is 0. The SMILES string of the molecule is Cc1ccc(-n2nncc2C(C)N)cc1. The highest BCUT2D eigenvalue weighted by atomic mass is 15.4. The molecule has 1 aromatic carbocycles. The number of hydrogen-bond acceptors (Lipinski definition) is 3. The van der Waals surface area contributed by atoms with Crippen molar-refractivity contribution in [2.75, 3.05) is 0 Å². The monoisotopic (exact) mass is 202 g/mol. The highest BCUT2D eigenvalue weighted by Gasteiger charge is 2.09.